The van der Waals surface area contributed by atoms with Gasteiger partial charge in [-0.25, -0.2) is 8.78 Å². The van der Waals surface area contributed by atoms with Crippen molar-refractivity contribution in [3.63, 3.8) is 0 Å². The van der Waals surface area contributed by atoms with Gasteiger partial charge in [0.2, 0.25) is 12.3 Å². The Bertz CT molecular complexity index is 995. The van der Waals surface area contributed by atoms with Crippen LogP contribution in [0.15, 0.2) is 49.2 Å². The highest BCUT2D eigenvalue weighted by atomic mass is 19.1. The van der Waals surface area contributed by atoms with Gasteiger partial charge in [-0.2, -0.15) is 0 Å². The van der Waals surface area contributed by atoms with E-state index in [9.17, 15) is 18.4 Å². The number of rotatable bonds is 5. The van der Waals surface area contributed by atoms with E-state index in [4.69, 9.17) is 0 Å². The monoisotopic (exact) mass is 341 g/mol. The maximum atomic E-state index is 14.8. The van der Waals surface area contributed by atoms with Gasteiger partial charge in [0.1, 0.15) is 5.82 Å². The van der Waals surface area contributed by atoms with E-state index in [1.54, 1.807) is 12.3 Å². The van der Waals surface area contributed by atoms with Crippen molar-refractivity contribution in [2.24, 2.45) is 0 Å². The lowest BCUT2D eigenvalue weighted by atomic mass is 9.99. The molecular formula is C18H13F2N3O2. The topological polar surface area (TPSA) is 74.0 Å². The number of carbonyl (C=O) groups excluding carboxylic acids is 2. The average Bonchev–Trinajstić information content (AvgIpc) is 3.09. The largest absolute Gasteiger partial charge is 0.359 e. The van der Waals surface area contributed by atoms with Gasteiger partial charge in [0.05, 0.1) is 22.5 Å². The standard InChI is InChI=1S/C18H13F2N3O2/c1-2-15(25)23-13-6-4-12(19)16(17(13)20)10-3-5-14(22-9-24)18-11(10)7-8-21-18/h2-9,21H,1H2,(H,22,24)(H,23,25). The van der Waals surface area contributed by atoms with Crippen LogP contribution in [0.2, 0.25) is 0 Å². The van der Waals surface area contributed by atoms with Crippen molar-refractivity contribution >= 4 is 34.6 Å². The summed E-state index contributed by atoms with van der Waals surface area (Å²) in [5, 5.41) is 5.35. The summed E-state index contributed by atoms with van der Waals surface area (Å²) in [4.78, 5) is 25.0. The van der Waals surface area contributed by atoms with E-state index in [-0.39, 0.29) is 16.8 Å². The second-order valence-corrected chi connectivity index (χ2v) is 5.17. The Labute approximate surface area is 141 Å². The summed E-state index contributed by atoms with van der Waals surface area (Å²) in [6, 6.07) is 6.91. The molecule has 7 heteroatoms. The van der Waals surface area contributed by atoms with E-state index >= 15 is 0 Å². The molecule has 3 N–H and O–H groups in total. The number of hydrogen-bond donors (Lipinski definition) is 3. The van der Waals surface area contributed by atoms with Gasteiger partial charge in [-0.3, -0.25) is 9.59 Å². The van der Waals surface area contributed by atoms with Crippen LogP contribution in [-0.2, 0) is 9.59 Å². The highest BCUT2D eigenvalue weighted by Crippen LogP contribution is 2.37. The maximum absolute atomic E-state index is 14.8. The van der Waals surface area contributed by atoms with Crippen molar-refractivity contribution in [2.45, 2.75) is 0 Å². The molecule has 3 aromatic rings. The molecule has 25 heavy (non-hydrogen) atoms. The van der Waals surface area contributed by atoms with Crippen molar-refractivity contribution in [1.82, 2.24) is 4.98 Å². The third-order valence-corrected chi connectivity index (χ3v) is 3.74. The molecule has 0 aliphatic heterocycles. The summed E-state index contributed by atoms with van der Waals surface area (Å²) >= 11 is 0. The van der Waals surface area contributed by atoms with Gasteiger partial charge in [0, 0.05) is 11.6 Å². The smallest absolute Gasteiger partial charge is 0.247 e. The zero-order valence-electron chi connectivity index (χ0n) is 12.9. The van der Waals surface area contributed by atoms with Crippen LogP contribution >= 0.6 is 0 Å². The summed E-state index contributed by atoms with van der Waals surface area (Å²) < 4.78 is 29.2. The number of halogens is 2. The SMILES string of the molecule is C=CC(=O)Nc1ccc(F)c(-c2ccc(NC=O)c3[nH]ccc23)c1F. The van der Waals surface area contributed by atoms with Crippen molar-refractivity contribution < 1.29 is 18.4 Å². The Kier molecular flexibility index (Phi) is 4.30. The Morgan fingerprint density at radius 2 is 1.88 bits per heavy atom. The molecular weight excluding hydrogens is 328 g/mol. The van der Waals surface area contributed by atoms with Crippen LogP contribution < -0.4 is 10.6 Å². The first-order valence-corrected chi connectivity index (χ1v) is 7.29. The maximum Gasteiger partial charge on any atom is 0.247 e. The minimum atomic E-state index is -0.895. The second kappa shape index (κ2) is 6.56. The molecule has 1 aromatic heterocycles. The fraction of sp³-hybridized carbons (Fsp3) is 0. The lowest BCUT2D eigenvalue weighted by Gasteiger charge is -2.12. The number of H-pyrrole nitrogens is 1. The summed E-state index contributed by atoms with van der Waals surface area (Å²) in [5.41, 5.74) is 0.876. The molecule has 0 atom stereocenters. The van der Waals surface area contributed by atoms with E-state index in [1.807, 2.05) is 0 Å². The molecule has 2 aromatic carbocycles. The number of anilines is 2. The lowest BCUT2D eigenvalue weighted by Crippen LogP contribution is -2.10. The van der Waals surface area contributed by atoms with Gasteiger partial charge in [-0.15, -0.1) is 0 Å². The second-order valence-electron chi connectivity index (χ2n) is 5.17. The predicted octanol–water partition coefficient (Wildman–Crippen LogP) is 3.81. The van der Waals surface area contributed by atoms with Gasteiger partial charge in [-0.1, -0.05) is 12.6 Å². The molecule has 0 spiro atoms. The molecule has 0 radical (unpaired) electrons. The normalized spacial score (nSPS) is 10.5. The molecule has 0 fully saturated rings. The molecule has 0 bridgehead atoms. The van der Waals surface area contributed by atoms with Gasteiger partial charge >= 0.3 is 0 Å². The molecule has 3 rings (SSSR count). The van der Waals surface area contributed by atoms with E-state index in [2.05, 4.69) is 22.2 Å². The van der Waals surface area contributed by atoms with Crippen LogP contribution in [0.4, 0.5) is 20.2 Å². The highest BCUT2D eigenvalue weighted by Gasteiger charge is 2.19. The zero-order valence-corrected chi connectivity index (χ0v) is 12.9. The van der Waals surface area contributed by atoms with E-state index in [0.717, 1.165) is 18.2 Å². The first kappa shape index (κ1) is 16.4. The molecule has 126 valence electrons. The molecule has 0 saturated heterocycles. The molecule has 1 heterocycles. The van der Waals surface area contributed by atoms with Crippen molar-refractivity contribution in [3.8, 4) is 11.1 Å². The Morgan fingerprint density at radius 1 is 1.12 bits per heavy atom. The third kappa shape index (κ3) is 2.87. The minimum Gasteiger partial charge on any atom is -0.359 e. The highest BCUT2D eigenvalue weighted by molar-refractivity contribution is 6.04. The molecule has 0 unspecified atom stereocenters. The van der Waals surface area contributed by atoms with Gasteiger partial charge < -0.3 is 15.6 Å². The summed E-state index contributed by atoms with van der Waals surface area (Å²) in [7, 11) is 0. The van der Waals surface area contributed by atoms with Crippen LogP contribution in [0.1, 0.15) is 0 Å². The first-order chi connectivity index (χ1) is 12.1. The molecule has 5 nitrogen and oxygen atoms in total. The predicted molar refractivity (Wildman–Crippen MR) is 92.2 cm³/mol. The summed E-state index contributed by atoms with van der Waals surface area (Å²) in [5.74, 6) is -2.27. The van der Waals surface area contributed by atoms with Crippen molar-refractivity contribution in [3.05, 3.63) is 60.8 Å². The number of amides is 2. The molecule has 0 saturated carbocycles. The number of aromatic nitrogens is 1. The van der Waals surface area contributed by atoms with Gasteiger partial charge in [0.25, 0.3) is 0 Å². The Hall–Kier alpha value is -3.48. The van der Waals surface area contributed by atoms with Crippen LogP contribution in [0.3, 0.4) is 0 Å². The van der Waals surface area contributed by atoms with Gasteiger partial charge in [0.15, 0.2) is 5.82 Å². The Morgan fingerprint density at radius 3 is 2.60 bits per heavy atom. The fourth-order valence-corrected chi connectivity index (χ4v) is 2.64. The number of carbonyl (C=O) groups is 2. The summed E-state index contributed by atoms with van der Waals surface area (Å²) in [6.07, 6.45) is 3.11. The minimum absolute atomic E-state index is 0.153. The number of hydrogen-bond acceptors (Lipinski definition) is 2. The first-order valence-electron chi connectivity index (χ1n) is 7.29. The van der Waals surface area contributed by atoms with E-state index < -0.39 is 17.5 Å². The van der Waals surface area contributed by atoms with Crippen LogP contribution in [0, 0.1) is 11.6 Å². The number of aromatic amines is 1. The molecule has 2 amide bonds. The number of fused-ring (bicyclic) bond motifs is 1. The van der Waals surface area contributed by atoms with E-state index in [1.165, 1.54) is 12.1 Å². The van der Waals surface area contributed by atoms with Crippen LogP contribution in [0.5, 0.6) is 0 Å². The number of benzene rings is 2. The zero-order chi connectivity index (χ0) is 18.0. The lowest BCUT2D eigenvalue weighted by molar-refractivity contribution is -0.112. The van der Waals surface area contributed by atoms with E-state index in [0.29, 0.717) is 23.0 Å². The average molecular weight is 341 g/mol. The number of nitrogens with one attached hydrogen (secondary N) is 3. The molecule has 0 aliphatic rings. The molecule has 0 aliphatic carbocycles. The Balaban J connectivity index is 2.21. The van der Waals surface area contributed by atoms with Crippen molar-refractivity contribution in [1.29, 1.82) is 0 Å². The fourth-order valence-electron chi connectivity index (χ4n) is 2.64. The quantitative estimate of drug-likeness (QED) is 0.488. The summed E-state index contributed by atoms with van der Waals surface area (Å²) in [6.45, 7) is 3.30. The third-order valence-electron chi connectivity index (χ3n) is 3.74. The van der Waals surface area contributed by atoms with Crippen LogP contribution in [0.25, 0.3) is 22.0 Å². The van der Waals surface area contributed by atoms with Crippen molar-refractivity contribution in [2.75, 3.05) is 10.6 Å². The van der Waals surface area contributed by atoms with Gasteiger partial charge in [-0.05, 0) is 35.9 Å². The van der Waals surface area contributed by atoms with Crippen LogP contribution in [-0.4, -0.2) is 17.3 Å².